The molecule has 0 aliphatic heterocycles. The second kappa shape index (κ2) is 4.18. The van der Waals surface area contributed by atoms with Gasteiger partial charge in [-0.3, -0.25) is 0 Å². The molecule has 0 heterocycles. The van der Waals surface area contributed by atoms with Crippen LogP contribution in [0, 0.1) is 6.92 Å². The van der Waals surface area contributed by atoms with Crippen LogP contribution in [0.1, 0.15) is 5.56 Å². The Kier molecular flexibility index (Phi) is 2.88. The van der Waals surface area contributed by atoms with Gasteiger partial charge in [-0.05, 0) is 41.8 Å². The number of halogens is 1. The fraction of sp³-hybridized carbons (Fsp3) is 0.0769. The molecular formula is C13H13BrN2. The molecule has 2 rings (SSSR count). The zero-order chi connectivity index (χ0) is 11.7. The summed E-state index contributed by atoms with van der Waals surface area (Å²) in [6, 6.07) is 12.0. The van der Waals surface area contributed by atoms with Crippen LogP contribution in [-0.2, 0) is 0 Å². The van der Waals surface area contributed by atoms with Gasteiger partial charge in [0.2, 0.25) is 0 Å². The van der Waals surface area contributed by atoms with Gasteiger partial charge in [-0.25, -0.2) is 0 Å². The summed E-state index contributed by atoms with van der Waals surface area (Å²) in [5.74, 6) is 0. The molecule has 2 aromatic carbocycles. The summed E-state index contributed by atoms with van der Waals surface area (Å²) < 4.78 is 1.07. The molecule has 0 bridgehead atoms. The van der Waals surface area contributed by atoms with E-state index in [0.29, 0.717) is 11.4 Å². The number of hydrogen-bond acceptors (Lipinski definition) is 2. The Labute approximate surface area is 103 Å². The van der Waals surface area contributed by atoms with Crippen molar-refractivity contribution in [2.24, 2.45) is 0 Å². The first-order valence-electron chi connectivity index (χ1n) is 5.00. The zero-order valence-electron chi connectivity index (χ0n) is 9.00. The van der Waals surface area contributed by atoms with Crippen LogP contribution in [0.25, 0.3) is 11.1 Å². The van der Waals surface area contributed by atoms with Gasteiger partial charge in [0.05, 0.1) is 11.4 Å². The van der Waals surface area contributed by atoms with Crippen molar-refractivity contribution in [1.29, 1.82) is 0 Å². The molecule has 0 aliphatic carbocycles. The summed E-state index contributed by atoms with van der Waals surface area (Å²) in [6.45, 7) is 1.99. The number of anilines is 2. The van der Waals surface area contributed by atoms with Crippen LogP contribution in [0.5, 0.6) is 0 Å². The molecule has 2 aromatic rings. The van der Waals surface area contributed by atoms with E-state index < -0.39 is 0 Å². The first-order chi connectivity index (χ1) is 7.59. The Hall–Kier alpha value is -1.48. The Morgan fingerprint density at radius 2 is 1.56 bits per heavy atom. The van der Waals surface area contributed by atoms with E-state index in [1.165, 1.54) is 0 Å². The summed E-state index contributed by atoms with van der Waals surface area (Å²) in [5, 5.41) is 0. The van der Waals surface area contributed by atoms with Crippen LogP contribution >= 0.6 is 15.9 Å². The molecule has 16 heavy (non-hydrogen) atoms. The average Bonchev–Trinajstić information content (AvgIpc) is 2.28. The number of nitrogens with two attached hydrogens (primary N) is 2. The number of hydrogen-bond donors (Lipinski definition) is 2. The van der Waals surface area contributed by atoms with E-state index in [2.05, 4.69) is 28.1 Å². The first-order valence-corrected chi connectivity index (χ1v) is 5.79. The molecule has 0 spiro atoms. The van der Waals surface area contributed by atoms with E-state index in [1.807, 2.05) is 31.2 Å². The van der Waals surface area contributed by atoms with Crippen LogP contribution in [0.4, 0.5) is 11.4 Å². The number of nitrogen functional groups attached to an aromatic ring is 2. The molecule has 2 nitrogen and oxygen atoms in total. The molecule has 3 heteroatoms. The van der Waals surface area contributed by atoms with Crippen molar-refractivity contribution in [3.05, 3.63) is 46.4 Å². The Bertz CT molecular complexity index is 518. The molecule has 0 atom stereocenters. The minimum Gasteiger partial charge on any atom is -0.397 e. The molecule has 0 unspecified atom stereocenters. The average molecular weight is 277 g/mol. The van der Waals surface area contributed by atoms with Crippen molar-refractivity contribution in [2.45, 2.75) is 6.92 Å². The SMILES string of the molecule is Cc1c(-c2ccc(Br)cc2)ccc(N)c1N. The molecule has 4 N–H and O–H groups in total. The summed E-state index contributed by atoms with van der Waals surface area (Å²) in [7, 11) is 0. The lowest BCUT2D eigenvalue weighted by Gasteiger charge is -2.10. The van der Waals surface area contributed by atoms with Gasteiger partial charge in [-0.15, -0.1) is 0 Å². The van der Waals surface area contributed by atoms with E-state index in [4.69, 9.17) is 11.5 Å². The monoisotopic (exact) mass is 276 g/mol. The topological polar surface area (TPSA) is 52.0 Å². The third-order valence-corrected chi connectivity index (χ3v) is 3.23. The Balaban J connectivity index is 2.57. The molecule has 0 aliphatic rings. The summed E-state index contributed by atoms with van der Waals surface area (Å²) >= 11 is 3.42. The quantitative estimate of drug-likeness (QED) is 0.783. The van der Waals surface area contributed by atoms with Crippen molar-refractivity contribution >= 4 is 27.3 Å². The van der Waals surface area contributed by atoms with Gasteiger partial charge in [0, 0.05) is 4.47 Å². The molecule has 0 saturated carbocycles. The predicted molar refractivity (Wildman–Crippen MR) is 73.1 cm³/mol. The maximum absolute atomic E-state index is 5.92. The maximum Gasteiger partial charge on any atom is 0.0583 e. The molecule has 0 fully saturated rings. The van der Waals surface area contributed by atoms with Crippen molar-refractivity contribution in [3.8, 4) is 11.1 Å². The third-order valence-electron chi connectivity index (χ3n) is 2.70. The lowest BCUT2D eigenvalue weighted by Crippen LogP contribution is -1.98. The van der Waals surface area contributed by atoms with Crippen LogP contribution in [0.15, 0.2) is 40.9 Å². The van der Waals surface area contributed by atoms with Crippen LogP contribution in [0.3, 0.4) is 0 Å². The molecular weight excluding hydrogens is 264 g/mol. The van der Waals surface area contributed by atoms with Crippen LogP contribution < -0.4 is 11.5 Å². The van der Waals surface area contributed by atoms with Gasteiger partial charge in [0.15, 0.2) is 0 Å². The largest absolute Gasteiger partial charge is 0.397 e. The number of rotatable bonds is 1. The van der Waals surface area contributed by atoms with Crippen LogP contribution in [0.2, 0.25) is 0 Å². The summed E-state index contributed by atoms with van der Waals surface area (Å²) in [4.78, 5) is 0. The van der Waals surface area contributed by atoms with E-state index in [9.17, 15) is 0 Å². The highest BCUT2D eigenvalue weighted by Gasteiger charge is 2.06. The molecule has 82 valence electrons. The number of benzene rings is 2. The van der Waals surface area contributed by atoms with Gasteiger partial charge in [0.25, 0.3) is 0 Å². The standard InChI is InChI=1S/C13H13BrN2/c1-8-11(6-7-12(15)13(8)16)9-2-4-10(14)5-3-9/h2-7H,15-16H2,1H3. The second-order valence-electron chi connectivity index (χ2n) is 3.75. The van der Waals surface area contributed by atoms with Crippen molar-refractivity contribution < 1.29 is 0 Å². The fourth-order valence-electron chi connectivity index (χ4n) is 1.69. The van der Waals surface area contributed by atoms with Gasteiger partial charge < -0.3 is 11.5 Å². The van der Waals surface area contributed by atoms with E-state index in [0.717, 1.165) is 21.2 Å². The highest BCUT2D eigenvalue weighted by molar-refractivity contribution is 9.10. The smallest absolute Gasteiger partial charge is 0.0583 e. The third kappa shape index (κ3) is 1.91. The lowest BCUT2D eigenvalue weighted by atomic mass is 9.98. The molecule has 0 radical (unpaired) electrons. The van der Waals surface area contributed by atoms with Gasteiger partial charge in [-0.2, -0.15) is 0 Å². The molecule has 0 aromatic heterocycles. The molecule has 0 saturated heterocycles. The Morgan fingerprint density at radius 3 is 2.19 bits per heavy atom. The van der Waals surface area contributed by atoms with E-state index in [1.54, 1.807) is 0 Å². The zero-order valence-corrected chi connectivity index (χ0v) is 10.6. The highest BCUT2D eigenvalue weighted by atomic mass is 79.9. The molecule has 0 amide bonds. The maximum atomic E-state index is 5.92. The van der Waals surface area contributed by atoms with E-state index >= 15 is 0 Å². The first kappa shape index (κ1) is 11.0. The lowest BCUT2D eigenvalue weighted by molar-refractivity contribution is 1.45. The predicted octanol–water partition coefficient (Wildman–Crippen LogP) is 3.59. The summed E-state index contributed by atoms with van der Waals surface area (Å²) in [5.41, 5.74) is 16.3. The Morgan fingerprint density at radius 1 is 0.938 bits per heavy atom. The van der Waals surface area contributed by atoms with Gasteiger partial charge >= 0.3 is 0 Å². The van der Waals surface area contributed by atoms with Crippen LogP contribution in [-0.4, -0.2) is 0 Å². The van der Waals surface area contributed by atoms with Crippen molar-refractivity contribution in [2.75, 3.05) is 11.5 Å². The van der Waals surface area contributed by atoms with E-state index in [-0.39, 0.29) is 0 Å². The summed E-state index contributed by atoms with van der Waals surface area (Å²) in [6.07, 6.45) is 0. The minimum absolute atomic E-state index is 0.637. The van der Waals surface area contributed by atoms with Crippen molar-refractivity contribution in [3.63, 3.8) is 0 Å². The fourth-order valence-corrected chi connectivity index (χ4v) is 1.96. The normalized spacial score (nSPS) is 10.4. The van der Waals surface area contributed by atoms with Crippen molar-refractivity contribution in [1.82, 2.24) is 0 Å². The minimum atomic E-state index is 0.637. The second-order valence-corrected chi connectivity index (χ2v) is 4.66. The van der Waals surface area contributed by atoms with Gasteiger partial charge in [0.1, 0.15) is 0 Å². The van der Waals surface area contributed by atoms with Gasteiger partial charge in [-0.1, -0.05) is 34.1 Å². The highest BCUT2D eigenvalue weighted by Crippen LogP contribution is 2.31.